The maximum absolute atomic E-state index is 14.2. The first kappa shape index (κ1) is 13.3. The lowest BCUT2D eigenvalue weighted by molar-refractivity contribution is 0.617. The first-order valence-corrected chi connectivity index (χ1v) is 6.70. The molecule has 0 radical (unpaired) electrons. The van der Waals surface area contributed by atoms with Crippen LogP contribution in [0.15, 0.2) is 36.4 Å². The van der Waals surface area contributed by atoms with E-state index in [1.54, 1.807) is 12.1 Å². The number of fused-ring (bicyclic) bond motifs is 1. The normalized spacial score (nSPS) is 11.2. The molecule has 6 heteroatoms. The first-order valence-electron chi connectivity index (χ1n) is 5.79. The van der Waals surface area contributed by atoms with Crippen molar-refractivity contribution in [1.29, 1.82) is 0 Å². The zero-order valence-electron chi connectivity index (χ0n) is 10.1. The molecule has 0 saturated heterocycles. The average molecular weight is 313 g/mol. The molecular formula is C14H8Cl2F2N2. The van der Waals surface area contributed by atoms with E-state index < -0.39 is 11.6 Å². The zero-order valence-corrected chi connectivity index (χ0v) is 11.6. The Morgan fingerprint density at radius 2 is 1.95 bits per heavy atom. The first-order chi connectivity index (χ1) is 9.61. The molecule has 1 aromatic heterocycles. The summed E-state index contributed by atoms with van der Waals surface area (Å²) < 4.78 is 29.1. The van der Waals surface area contributed by atoms with Crippen LogP contribution in [-0.2, 0) is 5.88 Å². The van der Waals surface area contributed by atoms with Crippen LogP contribution in [0.2, 0.25) is 5.02 Å². The van der Waals surface area contributed by atoms with E-state index in [-0.39, 0.29) is 16.6 Å². The molecule has 0 atom stereocenters. The van der Waals surface area contributed by atoms with Crippen LogP contribution in [0, 0.1) is 11.6 Å². The number of nitrogens with zero attached hydrogens (tertiary/aromatic N) is 2. The van der Waals surface area contributed by atoms with Gasteiger partial charge in [-0.25, -0.2) is 13.8 Å². The van der Waals surface area contributed by atoms with Crippen molar-refractivity contribution in [3.63, 3.8) is 0 Å². The third-order valence-electron chi connectivity index (χ3n) is 2.98. The molecule has 0 unspecified atom stereocenters. The summed E-state index contributed by atoms with van der Waals surface area (Å²) in [5, 5.41) is -0.0127. The van der Waals surface area contributed by atoms with Crippen LogP contribution >= 0.6 is 23.2 Å². The van der Waals surface area contributed by atoms with Gasteiger partial charge < -0.3 is 0 Å². The van der Waals surface area contributed by atoms with E-state index in [1.807, 2.05) is 0 Å². The molecule has 0 aliphatic carbocycles. The second-order valence-electron chi connectivity index (χ2n) is 4.20. The van der Waals surface area contributed by atoms with Crippen molar-refractivity contribution in [3.05, 3.63) is 58.9 Å². The second kappa shape index (κ2) is 5.04. The fourth-order valence-electron chi connectivity index (χ4n) is 2.12. The number of hydrogen-bond acceptors (Lipinski definition) is 1. The lowest BCUT2D eigenvalue weighted by Gasteiger charge is -2.09. The van der Waals surface area contributed by atoms with E-state index in [0.29, 0.717) is 16.9 Å². The van der Waals surface area contributed by atoms with E-state index in [9.17, 15) is 8.78 Å². The Balaban J connectivity index is 2.39. The Morgan fingerprint density at radius 1 is 1.15 bits per heavy atom. The fourth-order valence-corrected chi connectivity index (χ4v) is 2.47. The average Bonchev–Trinajstić information content (AvgIpc) is 2.79. The number of aromatic nitrogens is 2. The SMILES string of the molecule is Fc1ccc2nc(CCl)n(-c3cccc(Cl)c3F)c2c1. The van der Waals surface area contributed by atoms with Gasteiger partial charge in [-0.05, 0) is 24.3 Å². The maximum Gasteiger partial charge on any atom is 0.165 e. The highest BCUT2D eigenvalue weighted by molar-refractivity contribution is 6.30. The quantitative estimate of drug-likeness (QED) is 0.627. The van der Waals surface area contributed by atoms with Crippen LogP contribution in [0.5, 0.6) is 0 Å². The van der Waals surface area contributed by atoms with Crippen molar-refractivity contribution in [2.45, 2.75) is 5.88 Å². The summed E-state index contributed by atoms with van der Waals surface area (Å²) >= 11 is 11.6. The van der Waals surface area contributed by atoms with Crippen molar-refractivity contribution in [3.8, 4) is 5.69 Å². The predicted molar refractivity (Wildman–Crippen MR) is 75.6 cm³/mol. The van der Waals surface area contributed by atoms with E-state index >= 15 is 0 Å². The molecule has 0 spiro atoms. The van der Waals surface area contributed by atoms with Crippen molar-refractivity contribution < 1.29 is 8.78 Å². The summed E-state index contributed by atoms with van der Waals surface area (Å²) in [6, 6.07) is 8.72. The lowest BCUT2D eigenvalue weighted by Crippen LogP contribution is -2.02. The largest absolute Gasteiger partial charge is 0.292 e. The van der Waals surface area contributed by atoms with Crippen LogP contribution in [0.4, 0.5) is 8.78 Å². The molecule has 0 aliphatic rings. The molecule has 2 nitrogen and oxygen atoms in total. The van der Waals surface area contributed by atoms with Crippen molar-refractivity contribution in [2.75, 3.05) is 0 Å². The maximum atomic E-state index is 14.2. The van der Waals surface area contributed by atoms with Crippen LogP contribution in [-0.4, -0.2) is 9.55 Å². The number of alkyl halides is 1. The summed E-state index contributed by atoms with van der Waals surface area (Å²) in [6.45, 7) is 0. The van der Waals surface area contributed by atoms with Gasteiger partial charge in [-0.2, -0.15) is 0 Å². The predicted octanol–water partition coefficient (Wildman–Crippen LogP) is 4.70. The minimum Gasteiger partial charge on any atom is -0.292 e. The van der Waals surface area contributed by atoms with E-state index in [1.165, 1.54) is 28.8 Å². The number of benzene rings is 2. The van der Waals surface area contributed by atoms with Gasteiger partial charge in [-0.1, -0.05) is 17.7 Å². The molecule has 3 aromatic rings. The number of halogens is 4. The molecule has 0 aliphatic heterocycles. The van der Waals surface area contributed by atoms with Crippen LogP contribution in [0.25, 0.3) is 16.7 Å². The standard InChI is InChI=1S/C14H8Cl2F2N2/c15-7-13-19-10-5-4-8(17)6-12(10)20(13)11-3-1-2-9(16)14(11)18/h1-6H,7H2. The lowest BCUT2D eigenvalue weighted by atomic mass is 10.2. The van der Waals surface area contributed by atoms with Crippen LogP contribution in [0.1, 0.15) is 5.82 Å². The number of rotatable bonds is 2. The third kappa shape index (κ3) is 2.05. The monoisotopic (exact) mass is 312 g/mol. The van der Waals surface area contributed by atoms with Gasteiger partial charge in [0.1, 0.15) is 11.6 Å². The van der Waals surface area contributed by atoms with Gasteiger partial charge in [-0.15, -0.1) is 11.6 Å². The molecule has 0 saturated carbocycles. The van der Waals surface area contributed by atoms with Crippen LogP contribution < -0.4 is 0 Å². The Bertz CT molecular complexity index is 799. The molecule has 2 aromatic carbocycles. The van der Waals surface area contributed by atoms with Gasteiger partial charge in [-0.3, -0.25) is 4.57 Å². The number of imidazole rings is 1. The van der Waals surface area contributed by atoms with E-state index in [0.717, 1.165) is 0 Å². The Hall–Kier alpha value is -1.65. The molecule has 0 amide bonds. The van der Waals surface area contributed by atoms with Crippen molar-refractivity contribution in [2.24, 2.45) is 0 Å². The van der Waals surface area contributed by atoms with Gasteiger partial charge in [0.05, 0.1) is 27.6 Å². The van der Waals surface area contributed by atoms with Gasteiger partial charge >= 0.3 is 0 Å². The molecule has 1 heterocycles. The fraction of sp³-hybridized carbons (Fsp3) is 0.0714. The smallest absolute Gasteiger partial charge is 0.165 e. The highest BCUT2D eigenvalue weighted by Gasteiger charge is 2.16. The summed E-state index contributed by atoms with van der Waals surface area (Å²) in [5.41, 5.74) is 1.18. The Labute approximate surface area is 123 Å². The number of hydrogen-bond donors (Lipinski definition) is 0. The zero-order chi connectivity index (χ0) is 14.3. The minimum absolute atomic E-state index is 0.0127. The van der Waals surface area contributed by atoms with E-state index in [4.69, 9.17) is 23.2 Å². The Kier molecular flexibility index (Phi) is 3.36. The van der Waals surface area contributed by atoms with Gasteiger partial charge in [0.2, 0.25) is 0 Å². The van der Waals surface area contributed by atoms with Gasteiger partial charge in [0, 0.05) is 6.07 Å². The summed E-state index contributed by atoms with van der Waals surface area (Å²) in [6.07, 6.45) is 0. The summed E-state index contributed by atoms with van der Waals surface area (Å²) in [7, 11) is 0. The molecule has 0 N–H and O–H groups in total. The Morgan fingerprint density at radius 3 is 2.70 bits per heavy atom. The highest BCUT2D eigenvalue weighted by atomic mass is 35.5. The summed E-state index contributed by atoms with van der Waals surface area (Å²) in [4.78, 5) is 4.27. The van der Waals surface area contributed by atoms with Gasteiger partial charge in [0.15, 0.2) is 5.82 Å². The highest BCUT2D eigenvalue weighted by Crippen LogP contribution is 2.28. The molecule has 0 bridgehead atoms. The third-order valence-corrected chi connectivity index (χ3v) is 3.51. The topological polar surface area (TPSA) is 17.8 Å². The summed E-state index contributed by atoms with van der Waals surface area (Å²) in [5.74, 6) is -0.526. The van der Waals surface area contributed by atoms with Gasteiger partial charge in [0.25, 0.3) is 0 Å². The van der Waals surface area contributed by atoms with E-state index in [2.05, 4.69) is 4.98 Å². The van der Waals surface area contributed by atoms with Crippen molar-refractivity contribution in [1.82, 2.24) is 9.55 Å². The van der Waals surface area contributed by atoms with Crippen molar-refractivity contribution >= 4 is 34.2 Å². The molecule has 102 valence electrons. The molecule has 0 fully saturated rings. The van der Waals surface area contributed by atoms with Crippen LogP contribution in [0.3, 0.4) is 0 Å². The molecule has 20 heavy (non-hydrogen) atoms. The minimum atomic E-state index is -0.593. The second-order valence-corrected chi connectivity index (χ2v) is 4.88. The molecule has 3 rings (SSSR count). The molecular weight excluding hydrogens is 305 g/mol.